The number of methoxy groups -OCH3 is 1. The molecule has 15 heavy (non-hydrogen) atoms. The van der Waals surface area contributed by atoms with Crippen molar-refractivity contribution in [3.8, 4) is 5.75 Å². The highest BCUT2D eigenvalue weighted by Crippen LogP contribution is 2.23. The van der Waals surface area contributed by atoms with E-state index >= 15 is 0 Å². The zero-order chi connectivity index (χ0) is 11.3. The zero-order valence-electron chi connectivity index (χ0n) is 8.96. The molecule has 0 aliphatic carbocycles. The first-order valence-corrected chi connectivity index (χ1v) is 4.85. The third kappa shape index (κ3) is 3.18. The van der Waals surface area contributed by atoms with E-state index in [9.17, 15) is 9.50 Å². The predicted octanol–water partition coefficient (Wildman–Crippen LogP) is 1.48. The molecule has 1 aromatic rings. The van der Waals surface area contributed by atoms with Gasteiger partial charge in [-0.15, -0.1) is 0 Å². The van der Waals surface area contributed by atoms with Crippen LogP contribution >= 0.6 is 0 Å². The number of aliphatic hydroxyl groups excluding tert-OH is 1. The molecule has 1 rings (SSSR count). The molecule has 0 spiro atoms. The van der Waals surface area contributed by atoms with Gasteiger partial charge in [0, 0.05) is 0 Å². The number of nitrogens with one attached hydrogen (secondary N) is 1. The number of ether oxygens (including phenoxy) is 1. The molecule has 3 nitrogen and oxygen atoms in total. The van der Waals surface area contributed by atoms with Crippen molar-refractivity contribution in [1.82, 2.24) is 5.32 Å². The molecule has 1 unspecified atom stereocenters. The smallest absolute Gasteiger partial charge is 0.165 e. The van der Waals surface area contributed by atoms with Gasteiger partial charge in [-0.05, 0) is 37.7 Å². The lowest BCUT2D eigenvalue weighted by Gasteiger charge is -2.11. The third-order valence-corrected chi connectivity index (χ3v) is 2.23. The second kappa shape index (κ2) is 5.68. The number of hydrogen-bond acceptors (Lipinski definition) is 3. The Bertz CT molecular complexity index is 317. The number of halogens is 1. The Hall–Kier alpha value is -1.13. The zero-order valence-corrected chi connectivity index (χ0v) is 8.96. The number of benzene rings is 1. The third-order valence-electron chi connectivity index (χ3n) is 2.23. The monoisotopic (exact) mass is 213 g/mol. The SMILES string of the molecule is CNCCC(O)c1ccc(OC)c(F)c1. The van der Waals surface area contributed by atoms with Crippen LogP contribution in [0.4, 0.5) is 4.39 Å². The van der Waals surface area contributed by atoms with Gasteiger partial charge in [-0.25, -0.2) is 4.39 Å². The van der Waals surface area contributed by atoms with Gasteiger partial charge in [-0.3, -0.25) is 0 Å². The van der Waals surface area contributed by atoms with E-state index in [1.165, 1.54) is 19.2 Å². The molecule has 2 N–H and O–H groups in total. The Balaban J connectivity index is 2.73. The maximum absolute atomic E-state index is 13.3. The second-order valence-corrected chi connectivity index (χ2v) is 3.30. The van der Waals surface area contributed by atoms with Gasteiger partial charge in [0.15, 0.2) is 11.6 Å². The Morgan fingerprint density at radius 2 is 2.27 bits per heavy atom. The summed E-state index contributed by atoms with van der Waals surface area (Å²) in [6.07, 6.45) is -0.0831. The molecule has 1 aromatic carbocycles. The van der Waals surface area contributed by atoms with Gasteiger partial charge in [0.05, 0.1) is 13.2 Å². The molecule has 0 fully saturated rings. The fraction of sp³-hybridized carbons (Fsp3) is 0.455. The van der Waals surface area contributed by atoms with Crippen LogP contribution in [0.25, 0.3) is 0 Å². The molecule has 4 heteroatoms. The van der Waals surface area contributed by atoms with Crippen LogP contribution in [0.15, 0.2) is 18.2 Å². The van der Waals surface area contributed by atoms with Crippen molar-refractivity contribution in [3.63, 3.8) is 0 Å². The average molecular weight is 213 g/mol. The molecule has 0 heterocycles. The number of aliphatic hydroxyl groups is 1. The van der Waals surface area contributed by atoms with Crippen LogP contribution in [0.1, 0.15) is 18.1 Å². The van der Waals surface area contributed by atoms with Gasteiger partial charge in [0.2, 0.25) is 0 Å². The standard InChI is InChI=1S/C11H16FNO2/c1-13-6-5-10(14)8-3-4-11(15-2)9(12)7-8/h3-4,7,10,13-14H,5-6H2,1-2H3. The van der Waals surface area contributed by atoms with Crippen LogP contribution in [0.2, 0.25) is 0 Å². The van der Waals surface area contributed by atoms with Gasteiger partial charge in [0.25, 0.3) is 0 Å². The van der Waals surface area contributed by atoms with Crippen molar-refractivity contribution in [2.75, 3.05) is 20.7 Å². The molecule has 0 aliphatic rings. The largest absolute Gasteiger partial charge is 0.494 e. The van der Waals surface area contributed by atoms with Crippen LogP contribution in [-0.2, 0) is 0 Å². The van der Waals surface area contributed by atoms with Crippen LogP contribution in [0, 0.1) is 5.82 Å². The van der Waals surface area contributed by atoms with E-state index in [4.69, 9.17) is 4.74 Å². The van der Waals surface area contributed by atoms with Crippen molar-refractivity contribution < 1.29 is 14.2 Å². The molecule has 0 aromatic heterocycles. The minimum Gasteiger partial charge on any atom is -0.494 e. The maximum Gasteiger partial charge on any atom is 0.165 e. The number of rotatable bonds is 5. The first-order chi connectivity index (χ1) is 7.19. The lowest BCUT2D eigenvalue weighted by Crippen LogP contribution is -2.12. The molecule has 1 atom stereocenters. The van der Waals surface area contributed by atoms with E-state index in [1.807, 2.05) is 0 Å². The maximum atomic E-state index is 13.3. The molecule has 0 radical (unpaired) electrons. The Morgan fingerprint density at radius 1 is 1.53 bits per heavy atom. The summed E-state index contributed by atoms with van der Waals surface area (Å²) < 4.78 is 18.1. The van der Waals surface area contributed by atoms with E-state index in [1.54, 1.807) is 13.1 Å². The van der Waals surface area contributed by atoms with E-state index in [0.717, 1.165) is 0 Å². The number of hydrogen-bond donors (Lipinski definition) is 2. The van der Waals surface area contributed by atoms with Crippen LogP contribution in [-0.4, -0.2) is 25.8 Å². The van der Waals surface area contributed by atoms with Crippen LogP contribution < -0.4 is 10.1 Å². The minimum absolute atomic E-state index is 0.194. The van der Waals surface area contributed by atoms with Crippen molar-refractivity contribution >= 4 is 0 Å². The first-order valence-electron chi connectivity index (χ1n) is 4.85. The van der Waals surface area contributed by atoms with Crippen molar-refractivity contribution in [3.05, 3.63) is 29.6 Å². The van der Waals surface area contributed by atoms with Gasteiger partial charge < -0.3 is 15.2 Å². The predicted molar refractivity (Wildman–Crippen MR) is 56.5 cm³/mol. The highest BCUT2D eigenvalue weighted by Gasteiger charge is 2.10. The molecule has 0 saturated heterocycles. The van der Waals surface area contributed by atoms with Gasteiger partial charge >= 0.3 is 0 Å². The first kappa shape index (κ1) is 11.9. The molecule has 0 bridgehead atoms. The van der Waals surface area contributed by atoms with E-state index in [-0.39, 0.29) is 5.75 Å². The van der Waals surface area contributed by atoms with E-state index < -0.39 is 11.9 Å². The summed E-state index contributed by atoms with van der Waals surface area (Å²) in [6, 6.07) is 4.49. The molecule has 0 aliphatic heterocycles. The molecular weight excluding hydrogens is 197 g/mol. The highest BCUT2D eigenvalue weighted by molar-refractivity contribution is 5.30. The lowest BCUT2D eigenvalue weighted by atomic mass is 10.1. The fourth-order valence-electron chi connectivity index (χ4n) is 1.34. The Labute approximate surface area is 88.9 Å². The summed E-state index contributed by atoms with van der Waals surface area (Å²) in [4.78, 5) is 0. The van der Waals surface area contributed by atoms with Crippen molar-refractivity contribution in [2.24, 2.45) is 0 Å². The van der Waals surface area contributed by atoms with Crippen LogP contribution in [0.5, 0.6) is 5.75 Å². The highest BCUT2D eigenvalue weighted by atomic mass is 19.1. The summed E-state index contributed by atoms with van der Waals surface area (Å²) in [6.45, 7) is 0.689. The molecule has 0 saturated carbocycles. The van der Waals surface area contributed by atoms with Crippen LogP contribution in [0.3, 0.4) is 0 Å². The molecule has 0 amide bonds. The minimum atomic E-state index is -0.641. The Morgan fingerprint density at radius 3 is 2.80 bits per heavy atom. The van der Waals surface area contributed by atoms with Gasteiger partial charge in [0.1, 0.15) is 0 Å². The van der Waals surface area contributed by atoms with E-state index in [0.29, 0.717) is 18.5 Å². The summed E-state index contributed by atoms with van der Waals surface area (Å²) in [5, 5.41) is 12.6. The Kier molecular flexibility index (Phi) is 4.52. The van der Waals surface area contributed by atoms with Crippen molar-refractivity contribution in [1.29, 1.82) is 0 Å². The second-order valence-electron chi connectivity index (χ2n) is 3.30. The molecule has 84 valence electrons. The summed E-state index contributed by atoms with van der Waals surface area (Å²) in [5.74, 6) is -0.252. The van der Waals surface area contributed by atoms with E-state index in [2.05, 4.69) is 5.32 Å². The fourth-order valence-corrected chi connectivity index (χ4v) is 1.34. The normalized spacial score (nSPS) is 12.5. The van der Waals surface area contributed by atoms with Gasteiger partial charge in [-0.1, -0.05) is 6.07 Å². The van der Waals surface area contributed by atoms with Gasteiger partial charge in [-0.2, -0.15) is 0 Å². The molecular formula is C11H16FNO2. The van der Waals surface area contributed by atoms with Crippen molar-refractivity contribution in [2.45, 2.75) is 12.5 Å². The average Bonchev–Trinajstić information content (AvgIpc) is 2.25. The topological polar surface area (TPSA) is 41.5 Å². The summed E-state index contributed by atoms with van der Waals surface area (Å²) in [7, 11) is 3.22. The summed E-state index contributed by atoms with van der Waals surface area (Å²) in [5.41, 5.74) is 0.573. The summed E-state index contributed by atoms with van der Waals surface area (Å²) >= 11 is 0. The lowest BCUT2D eigenvalue weighted by molar-refractivity contribution is 0.167. The quantitative estimate of drug-likeness (QED) is 0.778.